The molecule has 1 aromatic heterocycles. The van der Waals surface area contributed by atoms with Crippen molar-refractivity contribution in [1.29, 1.82) is 0 Å². The van der Waals surface area contributed by atoms with Crippen molar-refractivity contribution in [3.05, 3.63) is 42.2 Å². The number of benzene rings is 1. The van der Waals surface area contributed by atoms with E-state index in [9.17, 15) is 28.7 Å². The van der Waals surface area contributed by atoms with Crippen LogP contribution in [0.1, 0.15) is 71.8 Å². The number of carboxylic acids is 1. The molecule has 2 aliphatic heterocycles. The molecule has 13 nitrogen and oxygen atoms in total. The Morgan fingerprint density at radius 1 is 1.20 bits per heavy atom. The lowest BCUT2D eigenvalue weighted by atomic mass is 10.0. The standard InChI is InChI=1S/C30H38FN7O6/c1-29(2,3)44-28(43)32-22-13-8-6-4-5-7-11-19-16-30(19,27(41)42)33-25(39)23-15-21(17-37(23)26(22)40)38-35-24(34-36-38)18-10-9-12-20(31)14-18/h7,9-12,14,19,21-23H,4-6,8,13,15-17H2,1-3H3,(H,32,43)(H,33,39)(H,41,42)/t19-,21-,22+,23+,30-/m1/s1. The average Bonchev–Trinajstić information content (AvgIpc) is 3.27. The van der Waals surface area contributed by atoms with E-state index in [2.05, 4.69) is 26.0 Å². The van der Waals surface area contributed by atoms with Crippen LogP contribution in [0.2, 0.25) is 0 Å². The number of nitrogens with one attached hydrogen (secondary N) is 2. The molecule has 1 aliphatic carbocycles. The number of aliphatic carboxylic acids is 1. The normalized spacial score (nSPS) is 27.8. The molecule has 44 heavy (non-hydrogen) atoms. The number of ether oxygens (including phenoxy) is 1. The van der Waals surface area contributed by atoms with Gasteiger partial charge in [0.2, 0.25) is 17.6 Å². The predicted octanol–water partition coefficient (Wildman–Crippen LogP) is 2.99. The first-order valence-corrected chi connectivity index (χ1v) is 14.9. The van der Waals surface area contributed by atoms with Crippen molar-refractivity contribution in [1.82, 2.24) is 35.7 Å². The monoisotopic (exact) mass is 611 g/mol. The first-order chi connectivity index (χ1) is 20.9. The van der Waals surface area contributed by atoms with Crippen molar-refractivity contribution < 1.29 is 33.4 Å². The quantitative estimate of drug-likeness (QED) is 0.440. The number of allylic oxidation sites excluding steroid dienone is 1. The first kappa shape index (κ1) is 31.1. The molecule has 2 fully saturated rings. The summed E-state index contributed by atoms with van der Waals surface area (Å²) in [6, 6.07) is 3.10. The third-order valence-corrected chi connectivity index (χ3v) is 8.17. The predicted molar refractivity (Wildman–Crippen MR) is 154 cm³/mol. The fourth-order valence-corrected chi connectivity index (χ4v) is 5.82. The maximum absolute atomic E-state index is 14.1. The number of aromatic nitrogens is 4. The van der Waals surface area contributed by atoms with Gasteiger partial charge in [-0.1, -0.05) is 37.1 Å². The van der Waals surface area contributed by atoms with Crippen LogP contribution < -0.4 is 10.6 Å². The largest absolute Gasteiger partial charge is 0.479 e. The number of amides is 3. The van der Waals surface area contributed by atoms with E-state index in [1.54, 1.807) is 26.8 Å². The topological polar surface area (TPSA) is 169 Å². The highest BCUT2D eigenvalue weighted by atomic mass is 19.1. The molecular formula is C30H38FN7O6. The molecule has 3 N–H and O–H groups in total. The minimum absolute atomic E-state index is 0.00573. The van der Waals surface area contributed by atoms with E-state index < -0.39 is 59.0 Å². The lowest BCUT2D eigenvalue weighted by Crippen LogP contribution is -2.56. The Balaban J connectivity index is 1.44. The zero-order chi connectivity index (χ0) is 31.6. The third kappa shape index (κ3) is 6.89. The Bertz CT molecular complexity index is 1460. The number of hydrogen-bond acceptors (Lipinski definition) is 8. The van der Waals surface area contributed by atoms with E-state index >= 15 is 0 Å². The van der Waals surface area contributed by atoms with Gasteiger partial charge in [-0.2, -0.15) is 4.80 Å². The summed E-state index contributed by atoms with van der Waals surface area (Å²) < 4.78 is 19.2. The second kappa shape index (κ2) is 12.3. The molecule has 236 valence electrons. The van der Waals surface area contributed by atoms with Crippen molar-refractivity contribution in [3.8, 4) is 11.4 Å². The number of rotatable bonds is 4. The van der Waals surface area contributed by atoms with Crippen molar-refractivity contribution in [2.45, 2.75) is 95.0 Å². The molecule has 1 aromatic carbocycles. The van der Waals surface area contributed by atoms with E-state index in [-0.39, 0.29) is 31.1 Å². The Labute approximate surface area is 254 Å². The number of alkyl carbamates (subject to hydrolysis) is 1. The Morgan fingerprint density at radius 2 is 2.00 bits per heavy atom. The molecule has 1 saturated carbocycles. The fraction of sp³-hybridized carbons (Fsp3) is 0.567. The van der Waals surface area contributed by atoms with Crippen LogP contribution in [0.4, 0.5) is 9.18 Å². The molecule has 14 heteroatoms. The van der Waals surface area contributed by atoms with Gasteiger partial charge in [-0.3, -0.25) is 9.59 Å². The van der Waals surface area contributed by atoms with Crippen LogP contribution in [-0.2, 0) is 19.1 Å². The zero-order valence-corrected chi connectivity index (χ0v) is 25.0. The van der Waals surface area contributed by atoms with Crippen molar-refractivity contribution >= 4 is 23.9 Å². The number of carbonyl (C=O) groups excluding carboxylic acids is 3. The summed E-state index contributed by atoms with van der Waals surface area (Å²) in [7, 11) is 0. The number of fused-ring (bicyclic) bond motifs is 2. The first-order valence-electron chi connectivity index (χ1n) is 14.9. The maximum atomic E-state index is 14.1. The number of halogens is 1. The number of tetrazole rings is 1. The van der Waals surface area contributed by atoms with Crippen LogP contribution in [0.5, 0.6) is 0 Å². The number of carboxylic acid groups (broad SMARTS) is 1. The Kier molecular flexibility index (Phi) is 8.71. The van der Waals surface area contributed by atoms with Gasteiger partial charge < -0.3 is 25.4 Å². The Hall–Kier alpha value is -4.36. The molecule has 0 spiro atoms. The van der Waals surface area contributed by atoms with Crippen LogP contribution in [0.15, 0.2) is 36.4 Å². The highest BCUT2D eigenvalue weighted by Crippen LogP contribution is 2.45. The van der Waals surface area contributed by atoms with Crippen LogP contribution in [0.25, 0.3) is 11.4 Å². The van der Waals surface area contributed by atoms with E-state index in [0.717, 1.165) is 19.3 Å². The van der Waals surface area contributed by atoms with Crippen molar-refractivity contribution in [2.75, 3.05) is 6.54 Å². The van der Waals surface area contributed by atoms with Crippen LogP contribution >= 0.6 is 0 Å². The van der Waals surface area contributed by atoms with Crippen molar-refractivity contribution in [2.24, 2.45) is 5.92 Å². The lowest BCUT2D eigenvalue weighted by molar-refractivity contribution is -0.145. The van der Waals surface area contributed by atoms with Gasteiger partial charge in [-0.25, -0.2) is 14.0 Å². The molecule has 0 radical (unpaired) electrons. The van der Waals surface area contributed by atoms with Gasteiger partial charge in [0, 0.05) is 24.4 Å². The summed E-state index contributed by atoms with van der Waals surface area (Å²) >= 11 is 0. The molecule has 5 atom stereocenters. The molecular weight excluding hydrogens is 573 g/mol. The number of hydrogen-bond donors (Lipinski definition) is 3. The second-order valence-corrected chi connectivity index (χ2v) is 12.7. The minimum Gasteiger partial charge on any atom is -0.479 e. The number of carbonyl (C=O) groups is 4. The van der Waals surface area contributed by atoms with Gasteiger partial charge in [-0.15, -0.1) is 10.2 Å². The fourth-order valence-electron chi connectivity index (χ4n) is 5.82. The molecule has 3 heterocycles. The highest BCUT2D eigenvalue weighted by molar-refractivity contribution is 5.96. The number of nitrogens with zero attached hydrogens (tertiary/aromatic N) is 5. The van der Waals surface area contributed by atoms with Gasteiger partial charge in [0.1, 0.15) is 29.0 Å². The maximum Gasteiger partial charge on any atom is 0.408 e. The lowest BCUT2D eigenvalue weighted by Gasteiger charge is -2.30. The second-order valence-electron chi connectivity index (χ2n) is 12.7. The molecule has 3 amide bonds. The average molecular weight is 612 g/mol. The van der Waals surface area contributed by atoms with Crippen LogP contribution in [-0.4, -0.2) is 83.9 Å². The summed E-state index contributed by atoms with van der Waals surface area (Å²) in [6.45, 7) is 5.16. The van der Waals surface area contributed by atoms with Gasteiger partial charge in [0.05, 0.1) is 6.04 Å². The van der Waals surface area contributed by atoms with E-state index in [0.29, 0.717) is 18.4 Å². The molecule has 1 saturated heterocycles. The minimum atomic E-state index is -1.45. The molecule has 5 rings (SSSR count). The zero-order valence-electron chi connectivity index (χ0n) is 25.0. The molecule has 2 aromatic rings. The van der Waals surface area contributed by atoms with E-state index in [4.69, 9.17) is 4.74 Å². The van der Waals surface area contributed by atoms with Crippen molar-refractivity contribution in [3.63, 3.8) is 0 Å². The third-order valence-electron chi connectivity index (χ3n) is 8.17. The van der Waals surface area contributed by atoms with E-state index in [1.807, 2.05) is 12.2 Å². The summed E-state index contributed by atoms with van der Waals surface area (Å²) in [5.74, 6) is -2.89. The molecule has 3 aliphatic rings. The van der Waals surface area contributed by atoms with Gasteiger partial charge in [0.15, 0.2) is 0 Å². The molecule has 0 bridgehead atoms. The Morgan fingerprint density at radius 3 is 2.73 bits per heavy atom. The van der Waals surface area contributed by atoms with Gasteiger partial charge in [0.25, 0.3) is 0 Å². The summed E-state index contributed by atoms with van der Waals surface area (Å²) in [5.41, 5.74) is -1.83. The van der Waals surface area contributed by atoms with E-state index in [1.165, 1.54) is 27.9 Å². The summed E-state index contributed by atoms with van der Waals surface area (Å²) in [4.78, 5) is 55.6. The van der Waals surface area contributed by atoms with Crippen LogP contribution in [0, 0.1) is 11.7 Å². The summed E-state index contributed by atoms with van der Waals surface area (Å²) in [5, 5.41) is 28.0. The SMILES string of the molecule is CC(C)(C)OC(=O)N[C@H]1CCCCCC=C[C@@H]2C[C@@]2(C(=O)O)NC(=O)[C@@H]2C[C@@H](n3nnc(-c4cccc(F)c4)n3)CN2C1=O. The van der Waals surface area contributed by atoms with Gasteiger partial charge in [-0.05, 0) is 63.8 Å². The molecule has 0 unspecified atom stereocenters. The van der Waals surface area contributed by atoms with Crippen LogP contribution in [0.3, 0.4) is 0 Å². The van der Waals surface area contributed by atoms with Gasteiger partial charge >= 0.3 is 12.1 Å². The highest BCUT2D eigenvalue weighted by Gasteiger charge is 2.61. The smallest absolute Gasteiger partial charge is 0.408 e. The summed E-state index contributed by atoms with van der Waals surface area (Å²) in [6.07, 6.45) is 6.65.